The Kier molecular flexibility index (Phi) is 16.3. The molecule has 214 valence electrons. The van der Waals surface area contributed by atoms with Gasteiger partial charge in [0.2, 0.25) is 0 Å². The zero-order chi connectivity index (χ0) is 29.4. The Balaban J connectivity index is 2.50. The lowest BCUT2D eigenvalue weighted by Crippen LogP contribution is -2.06. The van der Waals surface area contributed by atoms with Gasteiger partial charge in [0.1, 0.15) is 0 Å². The molecular weight excluding hydrogens is 476 g/mol. The van der Waals surface area contributed by atoms with Gasteiger partial charge in [0.15, 0.2) is 11.6 Å². The number of carbonyl (C=O) groups is 2. The molecule has 0 aromatic heterocycles. The minimum Gasteiger partial charge on any atom is -0.290 e. The molecule has 0 bridgehead atoms. The average molecular weight is 531 g/mol. The largest absolute Gasteiger partial charge is 0.290 e. The van der Waals surface area contributed by atoms with Crippen LogP contribution in [0.2, 0.25) is 0 Å². The highest BCUT2D eigenvalue weighted by atomic mass is 16.1. The van der Waals surface area contributed by atoms with Gasteiger partial charge in [0.25, 0.3) is 0 Å². The van der Waals surface area contributed by atoms with Crippen LogP contribution in [0.1, 0.15) is 127 Å². The van der Waals surface area contributed by atoms with Crippen LogP contribution >= 0.6 is 0 Å². The van der Waals surface area contributed by atoms with Crippen molar-refractivity contribution >= 4 is 11.6 Å². The predicted molar refractivity (Wildman–Crippen MR) is 171 cm³/mol. The van der Waals surface area contributed by atoms with Crippen molar-refractivity contribution in [3.05, 3.63) is 92.7 Å². The molecule has 0 radical (unpaired) electrons. The van der Waals surface area contributed by atoms with E-state index in [1.165, 1.54) is 57.2 Å². The molecule has 1 aliphatic carbocycles. The van der Waals surface area contributed by atoms with Gasteiger partial charge in [-0.25, -0.2) is 0 Å². The topological polar surface area (TPSA) is 34.1 Å². The summed E-state index contributed by atoms with van der Waals surface area (Å²) >= 11 is 0. The summed E-state index contributed by atoms with van der Waals surface area (Å²) in [4.78, 5) is 23.4. The van der Waals surface area contributed by atoms with E-state index in [2.05, 4.69) is 86.6 Å². The van der Waals surface area contributed by atoms with Crippen LogP contribution in [0, 0.1) is 0 Å². The van der Waals surface area contributed by atoms with Crippen molar-refractivity contribution in [3.63, 3.8) is 0 Å². The van der Waals surface area contributed by atoms with Gasteiger partial charge in [-0.3, -0.25) is 9.59 Å². The van der Waals surface area contributed by atoms with E-state index in [1.807, 2.05) is 0 Å². The summed E-state index contributed by atoms with van der Waals surface area (Å²) in [5, 5.41) is 0. The second kappa shape index (κ2) is 18.5. The zero-order valence-electron chi connectivity index (χ0n) is 26.4. The summed E-state index contributed by atoms with van der Waals surface area (Å²) in [7, 11) is 0. The van der Waals surface area contributed by atoms with Crippen LogP contribution < -0.4 is 0 Å². The first-order valence-electron chi connectivity index (χ1n) is 14.8. The Morgan fingerprint density at radius 3 is 1.79 bits per heavy atom. The van der Waals surface area contributed by atoms with Crippen molar-refractivity contribution in [3.8, 4) is 0 Å². The molecule has 0 unspecified atom stereocenters. The summed E-state index contributed by atoms with van der Waals surface area (Å²) in [5.74, 6) is -0.150. The monoisotopic (exact) mass is 530 g/mol. The Hall–Kier alpha value is -2.74. The van der Waals surface area contributed by atoms with Gasteiger partial charge in [-0.2, -0.15) is 0 Å². The summed E-state index contributed by atoms with van der Waals surface area (Å²) in [5.41, 5.74) is 12.3. The third-order valence-electron chi connectivity index (χ3n) is 7.65. The van der Waals surface area contributed by atoms with Crippen molar-refractivity contribution in [2.45, 2.75) is 127 Å². The second-order valence-corrected chi connectivity index (χ2v) is 11.9. The standard InChI is InChI=1S/C37H54O2/c1-27(2)12-10-13-30(6)17-21-34(28(3)4)23-20-33(9)32(8)19-16-29(5)14-11-15-31(7)18-22-35-26-36(38)24-25-37(35)39/h12,14,17-18,24-26H,10-11,13,15-16,19-23H2,1-9H3/b29-14+,30-17+,31-18+,33-32+. The van der Waals surface area contributed by atoms with E-state index in [0.717, 1.165) is 57.8 Å². The molecule has 2 nitrogen and oxygen atoms in total. The molecule has 0 spiro atoms. The molecule has 0 saturated heterocycles. The molecule has 2 heteroatoms. The van der Waals surface area contributed by atoms with Crippen LogP contribution in [0.25, 0.3) is 0 Å². The fraction of sp³-hybridized carbons (Fsp3) is 0.514. The van der Waals surface area contributed by atoms with Gasteiger partial charge in [0, 0.05) is 5.57 Å². The van der Waals surface area contributed by atoms with Gasteiger partial charge < -0.3 is 0 Å². The first kappa shape index (κ1) is 34.3. The number of ketones is 2. The molecule has 0 heterocycles. The molecule has 0 saturated carbocycles. The predicted octanol–water partition coefficient (Wildman–Crippen LogP) is 11.0. The minimum atomic E-state index is -0.0975. The normalized spacial score (nSPS) is 15.3. The molecule has 0 aromatic rings. The Morgan fingerprint density at radius 1 is 0.615 bits per heavy atom. The van der Waals surface area contributed by atoms with Crippen LogP contribution in [-0.2, 0) is 9.59 Å². The molecule has 1 rings (SSSR count). The quantitative estimate of drug-likeness (QED) is 0.147. The third kappa shape index (κ3) is 15.4. The van der Waals surface area contributed by atoms with Gasteiger partial charge in [-0.15, -0.1) is 0 Å². The highest BCUT2D eigenvalue weighted by Gasteiger charge is 2.11. The van der Waals surface area contributed by atoms with Crippen molar-refractivity contribution < 1.29 is 9.59 Å². The van der Waals surface area contributed by atoms with Crippen LogP contribution in [0.4, 0.5) is 0 Å². The SMILES string of the molecule is CC(C)=CCC/C(C)=C/CC(CC/C(C)=C(\C)CC/C(C)=C/CC/C(C)=C/CC1=CC(=O)C=CC1=O)=C(C)C. The number of carbonyl (C=O) groups excluding carboxylic acids is 2. The van der Waals surface area contributed by atoms with E-state index in [9.17, 15) is 9.59 Å². The van der Waals surface area contributed by atoms with E-state index >= 15 is 0 Å². The summed E-state index contributed by atoms with van der Waals surface area (Å²) in [6, 6.07) is 0. The van der Waals surface area contributed by atoms with Crippen LogP contribution in [0.15, 0.2) is 92.7 Å². The molecule has 39 heavy (non-hydrogen) atoms. The molecular formula is C37H54O2. The fourth-order valence-corrected chi connectivity index (χ4v) is 4.44. The van der Waals surface area contributed by atoms with Crippen LogP contribution in [-0.4, -0.2) is 11.6 Å². The van der Waals surface area contributed by atoms with E-state index in [-0.39, 0.29) is 11.6 Å². The highest BCUT2D eigenvalue weighted by molar-refractivity contribution is 6.17. The lowest BCUT2D eigenvalue weighted by molar-refractivity contribution is -0.114. The van der Waals surface area contributed by atoms with E-state index in [0.29, 0.717) is 12.0 Å². The average Bonchev–Trinajstić information content (AvgIpc) is 2.87. The van der Waals surface area contributed by atoms with Gasteiger partial charge in [0.05, 0.1) is 0 Å². The smallest absolute Gasteiger partial charge is 0.182 e. The van der Waals surface area contributed by atoms with Crippen LogP contribution in [0.3, 0.4) is 0 Å². The van der Waals surface area contributed by atoms with E-state index < -0.39 is 0 Å². The maximum atomic E-state index is 11.9. The molecule has 1 aliphatic rings. The number of allylic oxidation sites excluding steroid dienone is 16. The maximum absolute atomic E-state index is 11.9. The molecule has 0 fully saturated rings. The summed E-state index contributed by atoms with van der Waals surface area (Å²) in [6.07, 6.45) is 23.8. The maximum Gasteiger partial charge on any atom is 0.182 e. The first-order valence-corrected chi connectivity index (χ1v) is 14.8. The highest BCUT2D eigenvalue weighted by Crippen LogP contribution is 2.24. The molecule has 0 N–H and O–H groups in total. The minimum absolute atomic E-state index is 0.0529. The van der Waals surface area contributed by atoms with Crippen molar-refractivity contribution in [2.24, 2.45) is 0 Å². The number of hydrogen-bond donors (Lipinski definition) is 0. The molecule has 0 aromatic carbocycles. The summed E-state index contributed by atoms with van der Waals surface area (Å²) in [6.45, 7) is 20.1. The molecule has 0 amide bonds. The molecule has 0 aliphatic heterocycles. The summed E-state index contributed by atoms with van der Waals surface area (Å²) < 4.78 is 0. The van der Waals surface area contributed by atoms with Crippen molar-refractivity contribution in [1.82, 2.24) is 0 Å². The second-order valence-electron chi connectivity index (χ2n) is 11.9. The van der Waals surface area contributed by atoms with Crippen LogP contribution in [0.5, 0.6) is 0 Å². The lowest BCUT2D eigenvalue weighted by atomic mass is 9.94. The van der Waals surface area contributed by atoms with E-state index in [4.69, 9.17) is 0 Å². The zero-order valence-corrected chi connectivity index (χ0v) is 26.4. The molecule has 0 atom stereocenters. The number of rotatable bonds is 16. The van der Waals surface area contributed by atoms with Gasteiger partial charge >= 0.3 is 0 Å². The third-order valence-corrected chi connectivity index (χ3v) is 7.65. The van der Waals surface area contributed by atoms with Crippen molar-refractivity contribution in [2.75, 3.05) is 0 Å². The fourth-order valence-electron chi connectivity index (χ4n) is 4.44. The Morgan fingerprint density at radius 2 is 1.18 bits per heavy atom. The van der Waals surface area contributed by atoms with Crippen molar-refractivity contribution in [1.29, 1.82) is 0 Å². The lowest BCUT2D eigenvalue weighted by Gasteiger charge is -2.12. The van der Waals surface area contributed by atoms with E-state index in [1.54, 1.807) is 5.57 Å². The van der Waals surface area contributed by atoms with Gasteiger partial charge in [-0.1, -0.05) is 68.9 Å². The first-order chi connectivity index (χ1) is 18.4. The Labute approximate surface area is 240 Å². The Bertz CT molecular complexity index is 1100. The van der Waals surface area contributed by atoms with Gasteiger partial charge in [-0.05, 0) is 145 Å². The number of hydrogen-bond acceptors (Lipinski definition) is 2.